The lowest BCUT2D eigenvalue weighted by molar-refractivity contribution is 0.462. The van der Waals surface area contributed by atoms with Crippen molar-refractivity contribution >= 4 is 22.8 Å². The van der Waals surface area contributed by atoms with Crippen LogP contribution in [0.15, 0.2) is 51.5 Å². The predicted octanol–water partition coefficient (Wildman–Crippen LogP) is 2.70. The van der Waals surface area contributed by atoms with Gasteiger partial charge in [-0.3, -0.25) is 4.68 Å². The molecule has 3 aromatic heterocycles. The minimum Gasteiger partial charge on any atom is -0.411 e. The Hall–Kier alpha value is -2.81. The van der Waals surface area contributed by atoms with Crippen LogP contribution < -0.4 is 0 Å². The molecule has 7 nitrogen and oxygen atoms in total. The topological polar surface area (TPSA) is 82.5 Å². The maximum atomic E-state index is 13.8. The van der Waals surface area contributed by atoms with Crippen molar-refractivity contribution in [1.82, 2.24) is 29.9 Å². The molecule has 23 heavy (non-hydrogen) atoms. The van der Waals surface area contributed by atoms with Crippen molar-refractivity contribution in [1.29, 1.82) is 0 Å². The number of fused-ring (bicyclic) bond motifs is 1. The van der Waals surface area contributed by atoms with Crippen molar-refractivity contribution in [3.05, 3.63) is 42.6 Å². The first kappa shape index (κ1) is 13.8. The van der Waals surface area contributed by atoms with Crippen molar-refractivity contribution in [2.45, 2.75) is 10.2 Å². The summed E-state index contributed by atoms with van der Waals surface area (Å²) in [5.74, 6) is -0.286. The molecule has 0 spiro atoms. The van der Waals surface area contributed by atoms with Gasteiger partial charge in [-0.2, -0.15) is 5.10 Å². The molecule has 0 N–H and O–H groups in total. The Morgan fingerprint density at radius 1 is 1.17 bits per heavy atom. The van der Waals surface area contributed by atoms with Crippen LogP contribution in [0.3, 0.4) is 0 Å². The highest BCUT2D eigenvalue weighted by Gasteiger charge is 2.16. The summed E-state index contributed by atoms with van der Waals surface area (Å²) < 4.78 is 20.9. The SMILES string of the molecule is Cn1ncc2c(Sc3nnc(-c4ccccc4F)o3)ncnc21. The van der Waals surface area contributed by atoms with Crippen molar-refractivity contribution < 1.29 is 8.81 Å². The van der Waals surface area contributed by atoms with Gasteiger partial charge >= 0.3 is 0 Å². The summed E-state index contributed by atoms with van der Waals surface area (Å²) in [6.07, 6.45) is 3.12. The molecular weight excluding hydrogens is 319 g/mol. The molecule has 4 rings (SSSR count). The van der Waals surface area contributed by atoms with Crippen molar-refractivity contribution in [3.8, 4) is 11.5 Å². The van der Waals surface area contributed by atoms with Gasteiger partial charge in [-0.1, -0.05) is 12.1 Å². The monoisotopic (exact) mass is 328 g/mol. The summed E-state index contributed by atoms with van der Waals surface area (Å²) in [6.45, 7) is 0. The molecule has 0 unspecified atom stereocenters. The zero-order chi connectivity index (χ0) is 15.8. The van der Waals surface area contributed by atoms with E-state index in [2.05, 4.69) is 25.3 Å². The van der Waals surface area contributed by atoms with Crippen molar-refractivity contribution in [2.24, 2.45) is 7.05 Å². The van der Waals surface area contributed by atoms with Gasteiger partial charge in [0.15, 0.2) is 5.65 Å². The summed E-state index contributed by atoms with van der Waals surface area (Å²) in [7, 11) is 1.80. The van der Waals surface area contributed by atoms with Crippen LogP contribution in [-0.2, 0) is 7.05 Å². The van der Waals surface area contributed by atoms with E-state index in [0.29, 0.717) is 10.7 Å². The number of benzene rings is 1. The van der Waals surface area contributed by atoms with Crippen LogP contribution in [0.25, 0.3) is 22.5 Å². The molecule has 0 fully saturated rings. The van der Waals surface area contributed by atoms with Crippen LogP contribution in [0.1, 0.15) is 0 Å². The Bertz CT molecular complexity index is 998. The fraction of sp³-hybridized carbons (Fsp3) is 0.0714. The van der Waals surface area contributed by atoms with Crippen molar-refractivity contribution in [2.75, 3.05) is 0 Å². The normalized spacial score (nSPS) is 11.2. The van der Waals surface area contributed by atoms with Gasteiger partial charge < -0.3 is 4.42 Å². The molecule has 0 saturated heterocycles. The third-order valence-corrected chi connectivity index (χ3v) is 4.05. The van der Waals surface area contributed by atoms with Gasteiger partial charge in [0.25, 0.3) is 11.1 Å². The van der Waals surface area contributed by atoms with Crippen LogP contribution in [0.2, 0.25) is 0 Å². The van der Waals surface area contributed by atoms with E-state index in [-0.39, 0.29) is 16.7 Å². The molecule has 0 amide bonds. The summed E-state index contributed by atoms with van der Waals surface area (Å²) >= 11 is 1.18. The highest BCUT2D eigenvalue weighted by atomic mass is 32.2. The average molecular weight is 328 g/mol. The summed E-state index contributed by atoms with van der Waals surface area (Å²) in [4.78, 5) is 8.38. The zero-order valence-corrected chi connectivity index (χ0v) is 12.7. The highest BCUT2D eigenvalue weighted by Crippen LogP contribution is 2.32. The second-order valence-corrected chi connectivity index (χ2v) is 5.58. The molecule has 0 saturated carbocycles. The molecule has 114 valence electrons. The van der Waals surface area contributed by atoms with Crippen LogP contribution in [0, 0.1) is 5.82 Å². The van der Waals surface area contributed by atoms with E-state index in [1.54, 1.807) is 36.1 Å². The Morgan fingerprint density at radius 3 is 2.91 bits per heavy atom. The maximum absolute atomic E-state index is 13.8. The quantitative estimate of drug-likeness (QED) is 0.535. The van der Waals surface area contributed by atoms with E-state index >= 15 is 0 Å². The number of hydrogen-bond acceptors (Lipinski definition) is 7. The van der Waals surface area contributed by atoms with Gasteiger partial charge in [0.1, 0.15) is 17.2 Å². The fourth-order valence-corrected chi connectivity index (χ4v) is 2.82. The van der Waals surface area contributed by atoms with Crippen LogP contribution in [-0.4, -0.2) is 29.9 Å². The average Bonchev–Trinajstić information content (AvgIpc) is 3.16. The first-order valence-corrected chi connectivity index (χ1v) is 7.43. The molecule has 0 bridgehead atoms. The second-order valence-electron chi connectivity index (χ2n) is 4.64. The van der Waals surface area contributed by atoms with Crippen LogP contribution >= 0.6 is 11.8 Å². The van der Waals surface area contributed by atoms with Gasteiger partial charge in [0.2, 0.25) is 0 Å². The van der Waals surface area contributed by atoms with E-state index in [0.717, 1.165) is 5.39 Å². The van der Waals surface area contributed by atoms with E-state index in [1.165, 1.54) is 24.2 Å². The highest BCUT2D eigenvalue weighted by molar-refractivity contribution is 7.99. The lowest BCUT2D eigenvalue weighted by Gasteiger charge is -1.98. The summed E-state index contributed by atoms with van der Waals surface area (Å²) in [5.41, 5.74) is 0.970. The number of aryl methyl sites for hydroxylation is 1. The number of rotatable bonds is 3. The Morgan fingerprint density at radius 2 is 2.04 bits per heavy atom. The molecule has 1 aromatic carbocycles. The van der Waals surface area contributed by atoms with Gasteiger partial charge in [0.05, 0.1) is 17.1 Å². The van der Waals surface area contributed by atoms with Crippen LogP contribution in [0.5, 0.6) is 0 Å². The van der Waals surface area contributed by atoms with Gasteiger partial charge in [0, 0.05) is 7.05 Å². The smallest absolute Gasteiger partial charge is 0.283 e. The molecule has 0 aliphatic heterocycles. The van der Waals surface area contributed by atoms with Gasteiger partial charge in [-0.15, -0.1) is 10.2 Å². The third-order valence-electron chi connectivity index (χ3n) is 3.19. The summed E-state index contributed by atoms with van der Waals surface area (Å²) in [6, 6.07) is 6.24. The number of aromatic nitrogens is 6. The second kappa shape index (κ2) is 5.43. The first-order valence-electron chi connectivity index (χ1n) is 6.61. The largest absolute Gasteiger partial charge is 0.411 e. The minimum absolute atomic E-state index is 0.127. The number of hydrogen-bond donors (Lipinski definition) is 0. The van der Waals surface area contributed by atoms with Crippen LogP contribution in [0.4, 0.5) is 4.39 Å². The molecular formula is C14H9FN6OS. The van der Waals surface area contributed by atoms with Crippen molar-refractivity contribution in [3.63, 3.8) is 0 Å². The summed E-state index contributed by atoms with van der Waals surface area (Å²) in [5, 5.41) is 13.7. The Balaban J connectivity index is 1.69. The minimum atomic E-state index is -0.413. The number of halogens is 1. The zero-order valence-electron chi connectivity index (χ0n) is 11.8. The molecule has 0 aliphatic rings. The Kier molecular flexibility index (Phi) is 3.27. The first-order chi connectivity index (χ1) is 11.2. The van der Waals surface area contributed by atoms with E-state index in [1.807, 2.05) is 0 Å². The van der Waals surface area contributed by atoms with E-state index in [4.69, 9.17) is 4.42 Å². The molecule has 0 radical (unpaired) electrons. The lowest BCUT2D eigenvalue weighted by atomic mass is 10.2. The van der Waals surface area contributed by atoms with Gasteiger partial charge in [-0.25, -0.2) is 14.4 Å². The standard InChI is InChI=1S/C14H9FN6OS/c1-21-11-9(6-18-21)13(17-7-16-11)23-14-20-19-12(22-14)8-4-2-3-5-10(8)15/h2-7H,1H3. The van der Waals surface area contributed by atoms with E-state index < -0.39 is 5.82 Å². The number of nitrogens with zero attached hydrogens (tertiary/aromatic N) is 6. The molecule has 0 atom stereocenters. The molecule has 4 aromatic rings. The van der Waals surface area contributed by atoms with E-state index in [9.17, 15) is 4.39 Å². The molecule has 3 heterocycles. The molecule has 9 heteroatoms. The molecule has 0 aliphatic carbocycles. The van der Waals surface area contributed by atoms with Gasteiger partial charge in [-0.05, 0) is 23.9 Å². The third kappa shape index (κ3) is 2.44. The predicted molar refractivity (Wildman–Crippen MR) is 80.1 cm³/mol. The Labute approximate surface area is 133 Å². The lowest BCUT2D eigenvalue weighted by Crippen LogP contribution is -1.92. The fourth-order valence-electron chi connectivity index (χ4n) is 2.10. The maximum Gasteiger partial charge on any atom is 0.283 e.